The molecule has 0 amide bonds. The highest BCUT2D eigenvalue weighted by Crippen LogP contribution is 2.31. The van der Waals surface area contributed by atoms with Crippen LogP contribution in [0.25, 0.3) is 0 Å². The van der Waals surface area contributed by atoms with Crippen LogP contribution in [0, 0.1) is 0 Å². The molecule has 1 aliphatic rings. The molecule has 3 aromatic carbocycles. The molecule has 168 valence electrons. The van der Waals surface area contributed by atoms with Crippen molar-refractivity contribution >= 4 is 11.6 Å². The van der Waals surface area contributed by atoms with Gasteiger partial charge in [-0.1, -0.05) is 103 Å². The fourth-order valence-corrected chi connectivity index (χ4v) is 4.23. The number of alkyl halides is 1. The number of halogens is 1. The van der Waals surface area contributed by atoms with Crippen molar-refractivity contribution in [1.29, 1.82) is 0 Å². The SMILES string of the molecule is C[C@@H]1O[C@@H](Cl)[C@H](OCc2ccccc2)[C@H](OCc2ccccc2)[C@H]1OCc1ccccc1. The molecule has 4 rings (SSSR count). The van der Waals surface area contributed by atoms with E-state index >= 15 is 0 Å². The molecule has 3 aromatic rings. The van der Waals surface area contributed by atoms with Crippen LogP contribution in [0.5, 0.6) is 0 Å². The number of rotatable bonds is 9. The normalized spacial score (nSPS) is 25.5. The zero-order chi connectivity index (χ0) is 22.2. The monoisotopic (exact) mass is 452 g/mol. The Kier molecular flexibility index (Phi) is 8.32. The minimum absolute atomic E-state index is 0.237. The minimum Gasteiger partial charge on any atom is -0.368 e. The average Bonchev–Trinajstić information content (AvgIpc) is 2.83. The fraction of sp³-hybridized carbons (Fsp3) is 0.333. The summed E-state index contributed by atoms with van der Waals surface area (Å²) in [5, 5.41) is 0. The average molecular weight is 453 g/mol. The van der Waals surface area contributed by atoms with E-state index in [1.54, 1.807) is 0 Å². The van der Waals surface area contributed by atoms with Gasteiger partial charge in [-0.3, -0.25) is 0 Å². The number of hydrogen-bond donors (Lipinski definition) is 0. The van der Waals surface area contributed by atoms with Gasteiger partial charge in [-0.2, -0.15) is 0 Å². The highest BCUT2D eigenvalue weighted by atomic mass is 35.5. The summed E-state index contributed by atoms with van der Waals surface area (Å²) in [4.78, 5) is 0. The van der Waals surface area contributed by atoms with Crippen LogP contribution in [0.2, 0.25) is 0 Å². The summed E-state index contributed by atoms with van der Waals surface area (Å²) in [6.45, 7) is 3.29. The molecule has 32 heavy (non-hydrogen) atoms. The molecule has 0 unspecified atom stereocenters. The van der Waals surface area contributed by atoms with Crippen molar-refractivity contribution in [2.24, 2.45) is 0 Å². The first-order valence-corrected chi connectivity index (χ1v) is 11.4. The van der Waals surface area contributed by atoms with Gasteiger partial charge in [-0.15, -0.1) is 0 Å². The van der Waals surface area contributed by atoms with E-state index in [1.807, 2.05) is 97.9 Å². The van der Waals surface area contributed by atoms with E-state index in [0.29, 0.717) is 19.8 Å². The van der Waals surface area contributed by atoms with Crippen molar-refractivity contribution in [3.05, 3.63) is 108 Å². The third kappa shape index (κ3) is 6.18. The molecule has 1 heterocycles. The zero-order valence-electron chi connectivity index (χ0n) is 18.2. The van der Waals surface area contributed by atoms with Crippen molar-refractivity contribution in [2.75, 3.05) is 0 Å². The summed E-state index contributed by atoms with van der Waals surface area (Å²) in [6, 6.07) is 30.2. The Morgan fingerprint density at radius 1 is 0.594 bits per heavy atom. The maximum atomic E-state index is 6.62. The topological polar surface area (TPSA) is 36.9 Å². The zero-order valence-corrected chi connectivity index (χ0v) is 18.9. The molecule has 0 bridgehead atoms. The largest absolute Gasteiger partial charge is 0.368 e. The molecule has 0 aliphatic carbocycles. The molecule has 5 heteroatoms. The van der Waals surface area contributed by atoms with Gasteiger partial charge in [0.25, 0.3) is 0 Å². The van der Waals surface area contributed by atoms with E-state index in [2.05, 4.69) is 0 Å². The Morgan fingerprint density at radius 2 is 0.969 bits per heavy atom. The summed E-state index contributed by atoms with van der Waals surface area (Å²) >= 11 is 6.62. The number of ether oxygens (including phenoxy) is 4. The van der Waals surface area contributed by atoms with Crippen molar-refractivity contribution in [3.8, 4) is 0 Å². The van der Waals surface area contributed by atoms with Crippen LogP contribution in [-0.4, -0.2) is 30.0 Å². The van der Waals surface area contributed by atoms with Crippen LogP contribution in [0.3, 0.4) is 0 Å². The van der Waals surface area contributed by atoms with Crippen LogP contribution >= 0.6 is 11.6 Å². The van der Waals surface area contributed by atoms with Gasteiger partial charge in [0.05, 0.1) is 25.9 Å². The predicted molar refractivity (Wildman–Crippen MR) is 125 cm³/mol. The molecule has 0 radical (unpaired) electrons. The van der Waals surface area contributed by atoms with Crippen LogP contribution in [0.15, 0.2) is 91.0 Å². The Labute approximate surface area is 195 Å². The molecule has 0 spiro atoms. The Morgan fingerprint density at radius 3 is 1.41 bits per heavy atom. The number of hydrogen-bond acceptors (Lipinski definition) is 4. The van der Waals surface area contributed by atoms with Gasteiger partial charge in [0, 0.05) is 0 Å². The lowest BCUT2D eigenvalue weighted by atomic mass is 9.99. The van der Waals surface area contributed by atoms with Crippen molar-refractivity contribution in [2.45, 2.75) is 56.7 Å². The highest BCUT2D eigenvalue weighted by molar-refractivity contribution is 6.20. The maximum Gasteiger partial charge on any atom is 0.160 e. The lowest BCUT2D eigenvalue weighted by Gasteiger charge is -2.43. The van der Waals surface area contributed by atoms with Crippen molar-refractivity contribution < 1.29 is 18.9 Å². The first kappa shape index (κ1) is 23.0. The van der Waals surface area contributed by atoms with Crippen molar-refractivity contribution in [3.63, 3.8) is 0 Å². The molecule has 0 saturated carbocycles. The van der Waals surface area contributed by atoms with E-state index in [0.717, 1.165) is 16.7 Å². The van der Waals surface area contributed by atoms with Gasteiger partial charge >= 0.3 is 0 Å². The molecule has 1 saturated heterocycles. The first-order valence-electron chi connectivity index (χ1n) is 11.0. The molecule has 1 fully saturated rings. The molecular formula is C27H29ClO4. The second kappa shape index (κ2) is 11.6. The van der Waals surface area contributed by atoms with Gasteiger partial charge < -0.3 is 18.9 Å². The summed E-state index contributed by atoms with van der Waals surface area (Å²) in [5.41, 5.74) is 2.61. The minimum atomic E-state index is -0.633. The quantitative estimate of drug-likeness (QED) is 0.389. The van der Waals surface area contributed by atoms with Gasteiger partial charge in [-0.05, 0) is 23.6 Å². The molecule has 1 aliphatic heterocycles. The summed E-state index contributed by atoms with van der Waals surface area (Å²) in [6.07, 6.45) is -1.42. The Balaban J connectivity index is 1.50. The molecule has 0 aromatic heterocycles. The van der Waals surface area contributed by atoms with Gasteiger partial charge in [-0.25, -0.2) is 0 Å². The molecule has 4 nitrogen and oxygen atoms in total. The second-order valence-corrected chi connectivity index (χ2v) is 8.41. The number of benzene rings is 3. The van der Waals surface area contributed by atoms with Gasteiger partial charge in [0.2, 0.25) is 0 Å². The van der Waals surface area contributed by atoms with Crippen LogP contribution in [0.1, 0.15) is 23.6 Å². The molecule has 5 atom stereocenters. The third-order valence-corrected chi connectivity index (χ3v) is 5.92. The predicted octanol–water partition coefficient (Wildman–Crippen LogP) is 5.73. The lowest BCUT2D eigenvalue weighted by molar-refractivity contribution is -0.244. The maximum absolute atomic E-state index is 6.62. The molecule has 0 N–H and O–H groups in total. The van der Waals surface area contributed by atoms with Crippen LogP contribution < -0.4 is 0 Å². The smallest absolute Gasteiger partial charge is 0.160 e. The van der Waals surface area contributed by atoms with E-state index in [1.165, 1.54) is 0 Å². The standard InChI is InChI=1S/C27H29ClO4/c1-20-24(29-17-21-11-5-2-6-12-21)25(30-18-22-13-7-3-8-14-22)26(27(28)32-20)31-19-23-15-9-4-10-16-23/h2-16,20,24-27H,17-19H2,1H3/t20-,24-,25+,26+,27+/m0/s1. The Hall–Kier alpha value is -2.21. The van der Waals surface area contributed by atoms with Gasteiger partial charge in [0.1, 0.15) is 18.3 Å². The Bertz CT molecular complexity index is 867. The fourth-order valence-electron chi connectivity index (χ4n) is 3.85. The molecular weight excluding hydrogens is 424 g/mol. The highest BCUT2D eigenvalue weighted by Gasteiger charge is 2.46. The van der Waals surface area contributed by atoms with E-state index in [4.69, 9.17) is 30.5 Å². The van der Waals surface area contributed by atoms with Crippen LogP contribution in [0.4, 0.5) is 0 Å². The summed E-state index contributed by atoms with van der Waals surface area (Å²) in [5.74, 6) is 0. The lowest BCUT2D eigenvalue weighted by Crippen LogP contribution is -2.57. The summed E-state index contributed by atoms with van der Waals surface area (Å²) < 4.78 is 25.0. The third-order valence-electron chi connectivity index (χ3n) is 5.57. The summed E-state index contributed by atoms with van der Waals surface area (Å²) in [7, 11) is 0. The van der Waals surface area contributed by atoms with E-state index in [-0.39, 0.29) is 18.3 Å². The van der Waals surface area contributed by atoms with Gasteiger partial charge in [0.15, 0.2) is 5.56 Å². The first-order chi connectivity index (χ1) is 15.7. The van der Waals surface area contributed by atoms with E-state index < -0.39 is 11.7 Å². The van der Waals surface area contributed by atoms with Crippen molar-refractivity contribution in [1.82, 2.24) is 0 Å². The second-order valence-electron chi connectivity index (χ2n) is 7.98. The van der Waals surface area contributed by atoms with Crippen LogP contribution in [-0.2, 0) is 38.8 Å². The van der Waals surface area contributed by atoms with E-state index in [9.17, 15) is 0 Å².